The molecule has 1 aliphatic rings. The molecule has 2 aromatic carbocycles. The Labute approximate surface area is 236 Å². The van der Waals surface area contributed by atoms with Crippen molar-refractivity contribution < 1.29 is 13.2 Å². The number of imidazole rings is 1. The van der Waals surface area contributed by atoms with E-state index in [0.29, 0.717) is 45.6 Å². The number of halogens is 2. The van der Waals surface area contributed by atoms with Gasteiger partial charge in [-0.2, -0.15) is 0 Å². The van der Waals surface area contributed by atoms with Crippen molar-refractivity contribution in [2.45, 2.75) is 56.8 Å². The fourth-order valence-corrected chi connectivity index (χ4v) is 6.39. The van der Waals surface area contributed by atoms with E-state index in [0.717, 1.165) is 37.1 Å². The van der Waals surface area contributed by atoms with Crippen LogP contribution in [0.2, 0.25) is 10.0 Å². The van der Waals surface area contributed by atoms with Gasteiger partial charge in [-0.3, -0.25) is 4.79 Å². The summed E-state index contributed by atoms with van der Waals surface area (Å²) in [4.78, 5) is 20.7. The van der Waals surface area contributed by atoms with Gasteiger partial charge in [0.1, 0.15) is 11.6 Å². The molecule has 2 N–H and O–H groups in total. The summed E-state index contributed by atoms with van der Waals surface area (Å²) in [6.07, 6.45) is 4.64. The molecule has 1 fully saturated rings. The highest BCUT2D eigenvalue weighted by Crippen LogP contribution is 2.35. The van der Waals surface area contributed by atoms with Crippen molar-refractivity contribution >= 4 is 38.7 Å². The molecule has 9 nitrogen and oxygen atoms in total. The van der Waals surface area contributed by atoms with Crippen LogP contribution < -0.4 is 15.0 Å². The van der Waals surface area contributed by atoms with Crippen molar-refractivity contribution in [3.8, 4) is 17.1 Å². The Morgan fingerprint density at radius 3 is 2.62 bits per heavy atom. The maximum absolute atomic E-state index is 13.2. The van der Waals surface area contributed by atoms with E-state index in [-0.39, 0.29) is 28.7 Å². The second kappa shape index (κ2) is 11.3. The number of aryl methyl sites for hydroxylation is 1. The first-order chi connectivity index (χ1) is 18.7. The predicted molar refractivity (Wildman–Crippen MR) is 152 cm³/mol. The van der Waals surface area contributed by atoms with Gasteiger partial charge >= 0.3 is 0 Å². The predicted octanol–water partition coefficient (Wildman–Crippen LogP) is 5.28. The van der Waals surface area contributed by atoms with Gasteiger partial charge in [0.2, 0.25) is 10.0 Å². The number of hydrogen-bond donors (Lipinski definition) is 2. The molecule has 0 aliphatic heterocycles. The van der Waals surface area contributed by atoms with Crippen LogP contribution in [0.4, 0.5) is 0 Å². The standard InChI is InChI=1S/C27H29Cl2N5O4S/c1-3-38-23-11-9-19(39(36,37)30-13-12-17-8-10-21(28)22(29)14-17)15-20(23)25-32-27(35)24-16(2)31-26(34(24)33-25)18-6-4-5-7-18/h8-11,14-15,18,30H,3-7,12-13H2,1-2H3,(H,32,33,35). The molecule has 2 aromatic heterocycles. The van der Waals surface area contributed by atoms with Gasteiger partial charge in [-0.25, -0.2) is 22.6 Å². The summed E-state index contributed by atoms with van der Waals surface area (Å²) in [6, 6.07) is 9.70. The fraction of sp³-hybridized carbons (Fsp3) is 0.370. The van der Waals surface area contributed by atoms with Crippen molar-refractivity contribution in [3.05, 3.63) is 73.9 Å². The number of aromatic nitrogens is 4. The third-order valence-corrected chi connectivity index (χ3v) is 9.12. The highest BCUT2D eigenvalue weighted by atomic mass is 35.5. The summed E-state index contributed by atoms with van der Waals surface area (Å²) in [6.45, 7) is 4.14. The van der Waals surface area contributed by atoms with Crippen LogP contribution in [0.1, 0.15) is 55.6 Å². The summed E-state index contributed by atoms with van der Waals surface area (Å²) in [5.74, 6) is 1.61. The summed E-state index contributed by atoms with van der Waals surface area (Å²) < 4.78 is 36.4. The first kappa shape index (κ1) is 27.6. The number of nitrogens with zero attached hydrogens (tertiary/aromatic N) is 3. The van der Waals surface area contributed by atoms with Crippen molar-refractivity contribution in [1.29, 1.82) is 0 Å². The first-order valence-electron chi connectivity index (χ1n) is 12.9. The van der Waals surface area contributed by atoms with E-state index in [9.17, 15) is 13.2 Å². The van der Waals surface area contributed by atoms with Crippen LogP contribution >= 0.6 is 23.2 Å². The van der Waals surface area contributed by atoms with Gasteiger partial charge in [0.15, 0.2) is 11.3 Å². The SMILES string of the molecule is CCOc1ccc(S(=O)(=O)NCCc2ccc(Cl)c(Cl)c2)cc1-c1nn2c(C3CCCC3)nc(C)c2c(=O)[nH]1. The molecule has 0 radical (unpaired) electrons. The van der Waals surface area contributed by atoms with E-state index in [4.69, 9.17) is 33.0 Å². The smallest absolute Gasteiger partial charge is 0.277 e. The van der Waals surface area contributed by atoms with E-state index in [1.807, 2.05) is 6.92 Å². The molecule has 4 aromatic rings. The first-order valence-corrected chi connectivity index (χ1v) is 15.1. The Morgan fingerprint density at radius 1 is 1.13 bits per heavy atom. The number of sulfonamides is 1. The van der Waals surface area contributed by atoms with Crippen molar-refractivity contribution in [2.75, 3.05) is 13.2 Å². The quantitative estimate of drug-likeness (QED) is 0.274. The number of H-pyrrole nitrogens is 1. The summed E-state index contributed by atoms with van der Waals surface area (Å²) in [7, 11) is -3.88. The Balaban J connectivity index is 1.49. The number of fused-ring (bicyclic) bond motifs is 1. The molecular weight excluding hydrogens is 561 g/mol. The van der Waals surface area contributed by atoms with Crippen molar-refractivity contribution in [2.24, 2.45) is 0 Å². The minimum absolute atomic E-state index is 0.0238. The minimum atomic E-state index is -3.88. The lowest BCUT2D eigenvalue weighted by Gasteiger charge is -2.14. The van der Waals surface area contributed by atoms with Crippen LogP contribution in [0, 0.1) is 6.92 Å². The third kappa shape index (κ3) is 5.70. The minimum Gasteiger partial charge on any atom is -0.493 e. The van der Waals surface area contributed by atoms with E-state index >= 15 is 0 Å². The van der Waals surface area contributed by atoms with Crippen LogP contribution in [-0.2, 0) is 16.4 Å². The van der Waals surface area contributed by atoms with Crippen molar-refractivity contribution in [1.82, 2.24) is 24.3 Å². The molecule has 206 valence electrons. The van der Waals surface area contributed by atoms with Gasteiger partial charge < -0.3 is 9.72 Å². The van der Waals surface area contributed by atoms with E-state index in [2.05, 4.69) is 14.7 Å². The molecule has 0 amide bonds. The van der Waals surface area contributed by atoms with E-state index in [1.165, 1.54) is 12.1 Å². The molecule has 0 saturated heterocycles. The van der Waals surface area contributed by atoms with Gasteiger partial charge in [0, 0.05) is 12.5 Å². The lowest BCUT2D eigenvalue weighted by atomic mass is 10.1. The topological polar surface area (TPSA) is 118 Å². The Kier molecular flexibility index (Phi) is 8.00. The molecule has 1 aliphatic carbocycles. The van der Waals surface area contributed by atoms with Crippen LogP contribution in [0.25, 0.3) is 16.9 Å². The second-order valence-corrected chi connectivity index (χ2v) is 12.2. The van der Waals surface area contributed by atoms with Gasteiger partial charge in [0.05, 0.1) is 32.8 Å². The zero-order valence-electron chi connectivity index (χ0n) is 21.6. The summed E-state index contributed by atoms with van der Waals surface area (Å²) >= 11 is 12.0. The largest absolute Gasteiger partial charge is 0.493 e. The molecule has 0 spiro atoms. The lowest BCUT2D eigenvalue weighted by molar-refractivity contribution is 0.341. The fourth-order valence-electron chi connectivity index (χ4n) is 5.01. The molecule has 39 heavy (non-hydrogen) atoms. The Bertz CT molecular complexity index is 1690. The van der Waals surface area contributed by atoms with Gasteiger partial charge in [-0.1, -0.05) is 42.1 Å². The Hall–Kier alpha value is -2.92. The molecule has 12 heteroatoms. The number of nitrogens with one attached hydrogen (secondary N) is 2. The Morgan fingerprint density at radius 2 is 1.90 bits per heavy atom. The monoisotopic (exact) mass is 589 g/mol. The number of aromatic amines is 1. The van der Waals surface area contributed by atoms with E-state index in [1.54, 1.807) is 35.7 Å². The van der Waals surface area contributed by atoms with Gasteiger partial charge in [-0.15, -0.1) is 5.10 Å². The van der Waals surface area contributed by atoms with Crippen LogP contribution in [-0.4, -0.2) is 41.2 Å². The van der Waals surface area contributed by atoms with Gasteiger partial charge in [-0.05, 0) is 69.0 Å². The molecule has 1 saturated carbocycles. The van der Waals surface area contributed by atoms with Crippen LogP contribution in [0.3, 0.4) is 0 Å². The zero-order chi connectivity index (χ0) is 27.7. The molecule has 2 heterocycles. The average Bonchev–Trinajstić information content (AvgIpc) is 3.54. The van der Waals surface area contributed by atoms with E-state index < -0.39 is 10.0 Å². The second-order valence-electron chi connectivity index (χ2n) is 9.59. The van der Waals surface area contributed by atoms with Gasteiger partial charge in [0.25, 0.3) is 5.56 Å². The molecule has 5 rings (SSSR count). The summed E-state index contributed by atoms with van der Waals surface area (Å²) in [5, 5.41) is 5.59. The third-order valence-electron chi connectivity index (χ3n) is 6.93. The molecule has 0 unspecified atom stereocenters. The summed E-state index contributed by atoms with van der Waals surface area (Å²) in [5.41, 5.74) is 1.89. The number of benzene rings is 2. The highest BCUT2D eigenvalue weighted by molar-refractivity contribution is 7.89. The molecular formula is C27H29Cl2N5O4S. The van der Waals surface area contributed by atoms with Crippen molar-refractivity contribution in [3.63, 3.8) is 0 Å². The number of hydrogen-bond acceptors (Lipinski definition) is 6. The normalized spacial score (nSPS) is 14.4. The lowest BCUT2D eigenvalue weighted by Crippen LogP contribution is -2.26. The maximum atomic E-state index is 13.2. The highest BCUT2D eigenvalue weighted by Gasteiger charge is 2.26. The number of rotatable bonds is 9. The molecule has 0 bridgehead atoms. The maximum Gasteiger partial charge on any atom is 0.277 e. The molecule has 0 atom stereocenters. The van der Waals surface area contributed by atoms with Crippen LogP contribution in [0.15, 0.2) is 46.1 Å². The zero-order valence-corrected chi connectivity index (χ0v) is 24.0. The number of ether oxygens (including phenoxy) is 1. The average molecular weight is 591 g/mol. The van der Waals surface area contributed by atoms with Crippen LogP contribution in [0.5, 0.6) is 5.75 Å².